The number of nitrogens with zero attached hydrogens (tertiary/aromatic N) is 2. The van der Waals surface area contributed by atoms with Gasteiger partial charge in [-0.2, -0.15) is 5.10 Å². The number of aromatic nitrogens is 1. The van der Waals surface area contributed by atoms with Crippen LogP contribution in [0.25, 0.3) is 10.9 Å². The molecule has 1 aromatic heterocycles. The van der Waals surface area contributed by atoms with Gasteiger partial charge in [-0.05, 0) is 40.2 Å². The van der Waals surface area contributed by atoms with Gasteiger partial charge in [0.05, 0.1) is 17.8 Å². The summed E-state index contributed by atoms with van der Waals surface area (Å²) in [7, 11) is 3.30. The standard InChI is InChI=1S/C18H16BrN3O3/c1-22-13-6-4-3-5-11(13)9-14(22)18(24)21-20-10-12-7-8-15(25-2)17(23)16(12)19/h3-10,23H,1-2H3,(H,21,24)/b20-10+. The van der Waals surface area contributed by atoms with Gasteiger partial charge in [0.15, 0.2) is 11.5 Å². The van der Waals surface area contributed by atoms with Crippen LogP contribution in [0.15, 0.2) is 52.0 Å². The molecule has 0 aliphatic heterocycles. The molecule has 0 radical (unpaired) electrons. The molecule has 6 nitrogen and oxygen atoms in total. The highest BCUT2D eigenvalue weighted by molar-refractivity contribution is 9.10. The predicted octanol–water partition coefficient (Wildman–Crippen LogP) is 3.42. The Morgan fingerprint density at radius 2 is 2.08 bits per heavy atom. The third kappa shape index (κ3) is 3.23. The molecule has 3 aromatic rings. The molecular formula is C18H16BrN3O3. The molecule has 0 aliphatic carbocycles. The van der Waals surface area contributed by atoms with Crippen molar-refractivity contribution in [2.75, 3.05) is 7.11 Å². The maximum absolute atomic E-state index is 12.4. The van der Waals surface area contributed by atoms with Gasteiger partial charge in [0, 0.05) is 23.5 Å². The SMILES string of the molecule is COc1ccc(/C=N/NC(=O)c2cc3ccccc3n2C)c(Br)c1O. The molecule has 0 bridgehead atoms. The van der Waals surface area contributed by atoms with E-state index in [0.717, 1.165) is 10.9 Å². The van der Waals surface area contributed by atoms with E-state index in [1.54, 1.807) is 12.1 Å². The zero-order valence-electron chi connectivity index (χ0n) is 13.7. The van der Waals surface area contributed by atoms with Crippen molar-refractivity contribution in [3.05, 3.63) is 58.2 Å². The molecule has 0 saturated heterocycles. The third-order valence-electron chi connectivity index (χ3n) is 3.88. The van der Waals surface area contributed by atoms with Crippen LogP contribution in [0.2, 0.25) is 0 Å². The summed E-state index contributed by atoms with van der Waals surface area (Å²) in [5.74, 6) is 0.0128. The molecule has 0 fully saturated rings. The molecule has 25 heavy (non-hydrogen) atoms. The Bertz CT molecular complexity index is 979. The first-order valence-corrected chi connectivity index (χ1v) is 8.25. The second-order valence-corrected chi connectivity index (χ2v) is 6.16. The smallest absolute Gasteiger partial charge is 0.287 e. The van der Waals surface area contributed by atoms with Gasteiger partial charge in [-0.3, -0.25) is 4.79 Å². The maximum Gasteiger partial charge on any atom is 0.287 e. The maximum atomic E-state index is 12.4. The molecule has 7 heteroatoms. The summed E-state index contributed by atoms with van der Waals surface area (Å²) < 4.78 is 7.28. The fourth-order valence-corrected chi connectivity index (χ4v) is 2.98. The van der Waals surface area contributed by atoms with Crippen LogP contribution in [0.4, 0.5) is 0 Å². The zero-order valence-corrected chi connectivity index (χ0v) is 15.2. The summed E-state index contributed by atoms with van der Waals surface area (Å²) in [5.41, 5.74) is 4.59. The average molecular weight is 402 g/mol. The molecule has 128 valence electrons. The fraction of sp³-hybridized carbons (Fsp3) is 0.111. The highest BCUT2D eigenvalue weighted by Gasteiger charge is 2.13. The molecule has 0 saturated carbocycles. The molecule has 2 aromatic carbocycles. The Labute approximate surface area is 152 Å². The molecule has 0 atom stereocenters. The van der Waals surface area contributed by atoms with Gasteiger partial charge in [0.2, 0.25) is 0 Å². The van der Waals surface area contributed by atoms with E-state index in [1.165, 1.54) is 13.3 Å². The summed E-state index contributed by atoms with van der Waals surface area (Å²) >= 11 is 3.28. The second kappa shape index (κ2) is 6.98. The Balaban J connectivity index is 1.79. The molecule has 2 N–H and O–H groups in total. The highest BCUT2D eigenvalue weighted by atomic mass is 79.9. The number of benzene rings is 2. The van der Waals surface area contributed by atoms with Crippen LogP contribution in [-0.2, 0) is 7.05 Å². The molecule has 1 amide bonds. The number of aromatic hydroxyl groups is 1. The van der Waals surface area contributed by atoms with Gasteiger partial charge >= 0.3 is 0 Å². The number of hydrazone groups is 1. The number of nitrogens with one attached hydrogen (secondary N) is 1. The number of amides is 1. The van der Waals surface area contributed by atoms with Crippen molar-refractivity contribution in [2.24, 2.45) is 12.1 Å². The van der Waals surface area contributed by atoms with Crippen molar-refractivity contribution >= 4 is 39.0 Å². The van der Waals surface area contributed by atoms with Crippen molar-refractivity contribution in [1.29, 1.82) is 0 Å². The molecule has 0 spiro atoms. The van der Waals surface area contributed by atoms with Crippen LogP contribution >= 0.6 is 15.9 Å². The number of para-hydroxylation sites is 1. The number of phenols is 1. The van der Waals surface area contributed by atoms with Gasteiger partial charge in [-0.1, -0.05) is 18.2 Å². The Morgan fingerprint density at radius 1 is 1.32 bits per heavy atom. The van der Waals surface area contributed by atoms with Crippen LogP contribution in [-0.4, -0.2) is 28.9 Å². The van der Waals surface area contributed by atoms with Gasteiger partial charge < -0.3 is 14.4 Å². The van der Waals surface area contributed by atoms with E-state index in [-0.39, 0.29) is 11.7 Å². The topological polar surface area (TPSA) is 75.8 Å². The quantitative estimate of drug-likeness (QED) is 0.519. The Morgan fingerprint density at radius 3 is 2.80 bits per heavy atom. The summed E-state index contributed by atoms with van der Waals surface area (Å²) in [6.07, 6.45) is 1.45. The van der Waals surface area contributed by atoms with Crippen LogP contribution in [0, 0.1) is 0 Å². The number of hydrogen-bond acceptors (Lipinski definition) is 4. The Kier molecular flexibility index (Phi) is 4.76. The largest absolute Gasteiger partial charge is 0.503 e. The number of ether oxygens (including phenoxy) is 1. The third-order valence-corrected chi connectivity index (χ3v) is 4.72. The van der Waals surface area contributed by atoms with Crippen molar-refractivity contribution in [1.82, 2.24) is 9.99 Å². The number of aryl methyl sites for hydroxylation is 1. The van der Waals surface area contributed by atoms with E-state index in [2.05, 4.69) is 26.5 Å². The van der Waals surface area contributed by atoms with E-state index in [1.807, 2.05) is 41.9 Å². The first kappa shape index (κ1) is 17.0. The van der Waals surface area contributed by atoms with E-state index < -0.39 is 0 Å². The number of methoxy groups -OCH3 is 1. The molecular weight excluding hydrogens is 386 g/mol. The summed E-state index contributed by atoms with van der Waals surface area (Å²) in [6.45, 7) is 0. The normalized spacial score (nSPS) is 11.2. The van der Waals surface area contributed by atoms with Crippen LogP contribution in [0.5, 0.6) is 11.5 Å². The Hall–Kier alpha value is -2.80. The number of phenolic OH excluding ortho intramolecular Hbond substituents is 1. The van der Waals surface area contributed by atoms with E-state index in [9.17, 15) is 9.90 Å². The minimum absolute atomic E-state index is 0.0218. The minimum Gasteiger partial charge on any atom is -0.503 e. The lowest BCUT2D eigenvalue weighted by Gasteiger charge is -2.07. The van der Waals surface area contributed by atoms with E-state index in [4.69, 9.17) is 4.74 Å². The van der Waals surface area contributed by atoms with Crippen LogP contribution in [0.3, 0.4) is 0 Å². The van der Waals surface area contributed by atoms with Crippen molar-refractivity contribution in [3.63, 3.8) is 0 Å². The van der Waals surface area contributed by atoms with Crippen molar-refractivity contribution in [3.8, 4) is 11.5 Å². The number of hydrogen-bond donors (Lipinski definition) is 2. The van der Waals surface area contributed by atoms with Gasteiger partial charge in [-0.25, -0.2) is 5.43 Å². The monoisotopic (exact) mass is 401 g/mol. The summed E-state index contributed by atoms with van der Waals surface area (Å²) in [4.78, 5) is 12.4. The fourth-order valence-electron chi connectivity index (χ4n) is 2.55. The zero-order chi connectivity index (χ0) is 18.0. The second-order valence-electron chi connectivity index (χ2n) is 5.37. The van der Waals surface area contributed by atoms with E-state index >= 15 is 0 Å². The average Bonchev–Trinajstić information content (AvgIpc) is 2.96. The molecule has 0 aliphatic rings. The van der Waals surface area contributed by atoms with Crippen LogP contribution in [0.1, 0.15) is 16.1 Å². The van der Waals surface area contributed by atoms with Gasteiger partial charge in [0.25, 0.3) is 5.91 Å². The number of halogens is 1. The number of fused-ring (bicyclic) bond motifs is 1. The molecule has 1 heterocycles. The minimum atomic E-state index is -0.316. The van der Waals surface area contributed by atoms with Gasteiger partial charge in [0.1, 0.15) is 5.69 Å². The lowest BCUT2D eigenvalue weighted by atomic mass is 10.2. The molecule has 0 unspecified atom stereocenters. The first-order chi connectivity index (χ1) is 12.0. The lowest BCUT2D eigenvalue weighted by molar-refractivity contribution is 0.0947. The molecule has 3 rings (SSSR count). The van der Waals surface area contributed by atoms with Crippen LogP contribution < -0.4 is 10.2 Å². The van der Waals surface area contributed by atoms with Crippen molar-refractivity contribution in [2.45, 2.75) is 0 Å². The van der Waals surface area contributed by atoms with Crippen molar-refractivity contribution < 1.29 is 14.6 Å². The lowest BCUT2D eigenvalue weighted by Crippen LogP contribution is -2.20. The summed E-state index contributed by atoms with van der Waals surface area (Å²) in [5, 5.41) is 14.9. The predicted molar refractivity (Wildman–Crippen MR) is 100 cm³/mol. The first-order valence-electron chi connectivity index (χ1n) is 7.46. The summed E-state index contributed by atoms with van der Waals surface area (Å²) in [6, 6.07) is 12.9. The number of carbonyl (C=O) groups is 1. The van der Waals surface area contributed by atoms with E-state index in [0.29, 0.717) is 21.5 Å². The van der Waals surface area contributed by atoms with Gasteiger partial charge in [-0.15, -0.1) is 0 Å². The number of carbonyl (C=O) groups excluding carboxylic acids is 1. The number of rotatable bonds is 4. The highest BCUT2D eigenvalue weighted by Crippen LogP contribution is 2.35.